The number of hydrogen-bond donors (Lipinski definition) is 1. The van der Waals surface area contributed by atoms with E-state index >= 15 is 0 Å². The maximum Gasteiger partial charge on any atom is 0.254 e. The summed E-state index contributed by atoms with van der Waals surface area (Å²) in [4.78, 5) is 44.0. The second-order valence-electron chi connectivity index (χ2n) is 9.07. The van der Waals surface area contributed by atoms with E-state index < -0.39 is 6.10 Å². The van der Waals surface area contributed by atoms with Gasteiger partial charge in [0, 0.05) is 56.6 Å². The van der Waals surface area contributed by atoms with Gasteiger partial charge in [0.25, 0.3) is 11.8 Å². The van der Waals surface area contributed by atoms with Crippen LogP contribution in [0.2, 0.25) is 0 Å². The quantitative estimate of drug-likeness (QED) is 0.754. The Bertz CT molecular complexity index is 831. The molecule has 174 valence electrons. The molecule has 3 aliphatic heterocycles. The van der Waals surface area contributed by atoms with Crippen LogP contribution in [0.5, 0.6) is 0 Å². The third-order valence-corrected chi connectivity index (χ3v) is 6.74. The van der Waals surface area contributed by atoms with Crippen LogP contribution in [0.3, 0.4) is 0 Å². The lowest BCUT2D eigenvalue weighted by atomic mass is 10.0. The molecule has 0 spiro atoms. The lowest BCUT2D eigenvalue weighted by Crippen LogP contribution is -2.53. The Balaban J connectivity index is 1.27. The number of piperazine rings is 1. The fourth-order valence-corrected chi connectivity index (χ4v) is 4.78. The Morgan fingerprint density at radius 3 is 2.56 bits per heavy atom. The molecule has 8 nitrogen and oxygen atoms in total. The predicted octanol–water partition coefficient (Wildman–Crippen LogP) is 1.96. The number of benzene rings is 1. The number of likely N-dealkylation sites (tertiary alicyclic amines) is 1. The van der Waals surface area contributed by atoms with Crippen molar-refractivity contribution < 1.29 is 19.1 Å². The zero-order chi connectivity index (χ0) is 22.5. The lowest BCUT2D eigenvalue weighted by Gasteiger charge is -2.38. The van der Waals surface area contributed by atoms with Gasteiger partial charge in [0.05, 0.1) is 6.54 Å². The van der Waals surface area contributed by atoms with Crippen molar-refractivity contribution in [2.75, 3.05) is 51.2 Å². The maximum absolute atomic E-state index is 13.0. The first kappa shape index (κ1) is 22.7. The minimum absolute atomic E-state index is 0.0474. The molecular weight excluding hydrogens is 408 g/mol. The normalized spacial score (nSPS) is 24.4. The van der Waals surface area contributed by atoms with E-state index in [1.807, 2.05) is 9.80 Å². The van der Waals surface area contributed by atoms with E-state index in [-0.39, 0.29) is 17.7 Å². The molecule has 1 aromatic rings. The number of piperidine rings is 1. The number of carbonyl (C=O) groups excluding carboxylic acids is 3. The van der Waals surface area contributed by atoms with Gasteiger partial charge in [-0.3, -0.25) is 19.3 Å². The first-order valence-corrected chi connectivity index (χ1v) is 11.8. The number of hydrogen-bond acceptors (Lipinski definition) is 5. The number of nitrogens with zero attached hydrogens (tertiary/aromatic N) is 3. The van der Waals surface area contributed by atoms with Gasteiger partial charge in [-0.15, -0.1) is 0 Å². The monoisotopic (exact) mass is 442 g/mol. The van der Waals surface area contributed by atoms with Crippen LogP contribution in [0, 0.1) is 0 Å². The van der Waals surface area contributed by atoms with Gasteiger partial charge in [-0.2, -0.15) is 0 Å². The van der Waals surface area contributed by atoms with Crippen LogP contribution in [0.4, 0.5) is 5.69 Å². The lowest BCUT2D eigenvalue weighted by molar-refractivity contribution is -0.136. The Hall–Kier alpha value is -2.45. The Labute approximate surface area is 189 Å². The van der Waals surface area contributed by atoms with Crippen LogP contribution < -0.4 is 5.32 Å². The number of anilines is 1. The van der Waals surface area contributed by atoms with Gasteiger partial charge in [0.2, 0.25) is 5.91 Å². The van der Waals surface area contributed by atoms with E-state index in [1.54, 1.807) is 24.3 Å². The van der Waals surface area contributed by atoms with Crippen molar-refractivity contribution in [3.8, 4) is 0 Å². The van der Waals surface area contributed by atoms with E-state index in [0.717, 1.165) is 32.2 Å². The third kappa shape index (κ3) is 5.48. The zero-order valence-corrected chi connectivity index (χ0v) is 18.9. The molecule has 3 saturated heterocycles. The van der Waals surface area contributed by atoms with Crippen LogP contribution in [0.1, 0.15) is 49.4 Å². The van der Waals surface area contributed by atoms with Crippen molar-refractivity contribution in [1.82, 2.24) is 14.7 Å². The molecule has 2 atom stereocenters. The number of ether oxygens (including phenoxy) is 1. The average Bonchev–Trinajstić information content (AvgIpc) is 3.35. The summed E-state index contributed by atoms with van der Waals surface area (Å²) in [6.07, 6.45) is 4.59. The summed E-state index contributed by atoms with van der Waals surface area (Å²) in [5.41, 5.74) is 1.16. The third-order valence-electron chi connectivity index (χ3n) is 6.74. The average molecular weight is 443 g/mol. The van der Waals surface area contributed by atoms with Gasteiger partial charge in [0.15, 0.2) is 0 Å². The van der Waals surface area contributed by atoms with Gasteiger partial charge < -0.3 is 19.9 Å². The number of rotatable bonds is 5. The smallest absolute Gasteiger partial charge is 0.254 e. The molecule has 32 heavy (non-hydrogen) atoms. The molecule has 3 fully saturated rings. The van der Waals surface area contributed by atoms with Crippen LogP contribution in [-0.4, -0.2) is 90.4 Å². The van der Waals surface area contributed by atoms with Gasteiger partial charge in [-0.1, -0.05) is 6.07 Å². The molecule has 1 N–H and O–H groups in total. The standard InChI is InChI=1S/C24H34N4O4/c1-18-6-2-3-10-28(18)22(29)17-26-11-13-27(14-12-26)24(31)19-7-4-8-20(16-19)25-23(30)21-9-5-15-32-21/h4,7-8,16,18,21H,2-3,5-6,9-15,17H2,1H3,(H,25,30)/t18-,21+/m1/s1. The molecular formula is C24H34N4O4. The molecule has 3 aliphatic rings. The van der Waals surface area contributed by atoms with E-state index in [9.17, 15) is 14.4 Å². The van der Waals surface area contributed by atoms with Gasteiger partial charge in [-0.25, -0.2) is 0 Å². The predicted molar refractivity (Wildman–Crippen MR) is 121 cm³/mol. The molecule has 0 saturated carbocycles. The largest absolute Gasteiger partial charge is 0.368 e. The number of carbonyl (C=O) groups is 3. The highest BCUT2D eigenvalue weighted by Crippen LogP contribution is 2.19. The summed E-state index contributed by atoms with van der Waals surface area (Å²) in [5.74, 6) is -0.00564. The van der Waals surface area contributed by atoms with Crippen molar-refractivity contribution in [2.45, 2.75) is 51.2 Å². The fraction of sp³-hybridized carbons (Fsp3) is 0.625. The van der Waals surface area contributed by atoms with Crippen molar-refractivity contribution >= 4 is 23.4 Å². The molecule has 0 aromatic heterocycles. The number of nitrogens with one attached hydrogen (secondary N) is 1. The molecule has 3 heterocycles. The van der Waals surface area contributed by atoms with Crippen molar-refractivity contribution in [3.05, 3.63) is 29.8 Å². The topological polar surface area (TPSA) is 82.2 Å². The highest BCUT2D eigenvalue weighted by atomic mass is 16.5. The highest BCUT2D eigenvalue weighted by Gasteiger charge is 2.28. The molecule has 3 amide bonds. The highest BCUT2D eigenvalue weighted by molar-refractivity contribution is 5.98. The summed E-state index contributed by atoms with van der Waals surface area (Å²) >= 11 is 0. The molecule has 0 radical (unpaired) electrons. The summed E-state index contributed by atoms with van der Waals surface area (Å²) < 4.78 is 5.42. The first-order chi connectivity index (χ1) is 15.5. The van der Waals surface area contributed by atoms with Crippen molar-refractivity contribution in [1.29, 1.82) is 0 Å². The van der Waals surface area contributed by atoms with Crippen molar-refractivity contribution in [3.63, 3.8) is 0 Å². The number of amides is 3. The minimum atomic E-state index is -0.405. The second kappa shape index (κ2) is 10.4. The van der Waals surface area contributed by atoms with E-state index in [4.69, 9.17) is 4.74 Å². The van der Waals surface area contributed by atoms with Crippen LogP contribution in [0.15, 0.2) is 24.3 Å². The summed E-state index contributed by atoms with van der Waals surface area (Å²) in [6.45, 7) is 6.60. The Morgan fingerprint density at radius 2 is 1.84 bits per heavy atom. The molecule has 1 aromatic carbocycles. The first-order valence-electron chi connectivity index (χ1n) is 11.8. The minimum Gasteiger partial charge on any atom is -0.368 e. The maximum atomic E-state index is 13.0. The summed E-state index contributed by atoms with van der Waals surface area (Å²) in [6, 6.07) is 7.40. The zero-order valence-electron chi connectivity index (χ0n) is 18.9. The molecule has 0 unspecified atom stereocenters. The Morgan fingerprint density at radius 1 is 1.03 bits per heavy atom. The fourth-order valence-electron chi connectivity index (χ4n) is 4.78. The van der Waals surface area contributed by atoms with Gasteiger partial charge in [0.1, 0.15) is 6.10 Å². The summed E-state index contributed by atoms with van der Waals surface area (Å²) in [7, 11) is 0. The molecule has 0 bridgehead atoms. The molecule has 4 rings (SSSR count). The molecule has 8 heteroatoms. The SMILES string of the molecule is C[C@@H]1CCCCN1C(=O)CN1CCN(C(=O)c2cccc(NC(=O)[C@@H]3CCCO3)c2)CC1. The van der Waals surface area contributed by atoms with Crippen LogP contribution in [0.25, 0.3) is 0 Å². The second-order valence-corrected chi connectivity index (χ2v) is 9.07. The summed E-state index contributed by atoms with van der Waals surface area (Å²) in [5, 5.41) is 2.86. The van der Waals surface area contributed by atoms with Crippen LogP contribution >= 0.6 is 0 Å². The van der Waals surface area contributed by atoms with Crippen LogP contribution in [-0.2, 0) is 14.3 Å². The van der Waals surface area contributed by atoms with Gasteiger partial charge in [-0.05, 0) is 57.2 Å². The van der Waals surface area contributed by atoms with Gasteiger partial charge >= 0.3 is 0 Å². The Kier molecular flexibility index (Phi) is 7.42. The van der Waals surface area contributed by atoms with E-state index in [2.05, 4.69) is 17.1 Å². The van der Waals surface area contributed by atoms with E-state index in [1.165, 1.54) is 6.42 Å². The van der Waals surface area contributed by atoms with E-state index in [0.29, 0.717) is 56.6 Å². The van der Waals surface area contributed by atoms with Crippen molar-refractivity contribution in [2.24, 2.45) is 0 Å². The molecule has 0 aliphatic carbocycles.